The molecule has 1 heterocycles. The first-order valence-corrected chi connectivity index (χ1v) is 11.8. The van der Waals surface area contributed by atoms with Crippen LogP contribution in [0.2, 0.25) is 0 Å². The van der Waals surface area contributed by atoms with Gasteiger partial charge in [-0.25, -0.2) is 0 Å². The van der Waals surface area contributed by atoms with Crippen LogP contribution in [-0.4, -0.2) is 32.7 Å². The number of nitrogens with two attached hydrogens (primary N) is 1. The van der Waals surface area contributed by atoms with E-state index >= 15 is 0 Å². The van der Waals surface area contributed by atoms with Gasteiger partial charge in [-0.15, -0.1) is 0 Å². The summed E-state index contributed by atoms with van der Waals surface area (Å²) < 4.78 is 18.2. The Labute approximate surface area is 176 Å². The number of methoxy groups -OCH3 is 1. The number of ether oxygens (including phenoxy) is 3. The molecule has 1 saturated heterocycles. The molecule has 0 radical (unpaired) electrons. The van der Waals surface area contributed by atoms with Crippen LogP contribution in [0.15, 0.2) is 18.2 Å². The minimum absolute atomic E-state index is 0.120. The van der Waals surface area contributed by atoms with Crippen LogP contribution in [0.5, 0.6) is 5.75 Å². The van der Waals surface area contributed by atoms with Crippen LogP contribution in [0.3, 0.4) is 0 Å². The van der Waals surface area contributed by atoms with Crippen molar-refractivity contribution < 1.29 is 14.2 Å². The summed E-state index contributed by atoms with van der Waals surface area (Å²) in [6.07, 6.45) is 6.97. The largest absolute Gasteiger partial charge is 0.497 e. The van der Waals surface area contributed by atoms with E-state index in [4.69, 9.17) is 19.9 Å². The maximum Gasteiger partial charge on any atom is 0.174 e. The molecule has 1 aliphatic heterocycles. The zero-order chi connectivity index (χ0) is 20.6. The fourth-order valence-corrected chi connectivity index (χ4v) is 7.35. The molecule has 4 heteroatoms. The number of hydrogen-bond acceptors (Lipinski definition) is 4. The second-order valence-corrected chi connectivity index (χ2v) is 9.35. The van der Waals surface area contributed by atoms with Gasteiger partial charge in [0.1, 0.15) is 5.75 Å². The Balaban J connectivity index is 0.000000994. The first-order valence-electron chi connectivity index (χ1n) is 11.8. The van der Waals surface area contributed by atoms with E-state index in [0.717, 1.165) is 44.8 Å². The monoisotopic (exact) mass is 401 g/mol. The molecule has 0 amide bonds. The van der Waals surface area contributed by atoms with Crippen molar-refractivity contribution in [3.63, 3.8) is 0 Å². The molecule has 1 spiro atoms. The zero-order valence-electron chi connectivity index (χ0n) is 18.7. The van der Waals surface area contributed by atoms with E-state index in [1.807, 2.05) is 13.8 Å². The third-order valence-corrected chi connectivity index (χ3v) is 8.39. The van der Waals surface area contributed by atoms with Gasteiger partial charge in [-0.3, -0.25) is 0 Å². The van der Waals surface area contributed by atoms with Crippen molar-refractivity contribution >= 4 is 0 Å². The molecule has 0 bridgehead atoms. The number of hydrogen-bond donors (Lipinski definition) is 1. The average molecular weight is 402 g/mol. The zero-order valence-corrected chi connectivity index (χ0v) is 18.7. The van der Waals surface area contributed by atoms with Gasteiger partial charge in [-0.05, 0) is 85.6 Å². The lowest BCUT2D eigenvalue weighted by Crippen LogP contribution is -2.51. The van der Waals surface area contributed by atoms with Crippen molar-refractivity contribution in [1.82, 2.24) is 0 Å². The standard InChI is InChI=1S/C23H33NO3.C2H6/c1-22-9-7-19-18-6-4-17(25-2)13-15(18)3-5-20(19)21(22)16(8-10-24)14-23(22)26-11-12-27-23;1-2/h4,6,13,16,19-21H,3,5,7-12,14,24H2,1-2H3;1-2H3/t16-,19?,20?,21?,22?;/m0./s1. The lowest BCUT2D eigenvalue weighted by molar-refractivity contribution is -0.237. The molecule has 29 heavy (non-hydrogen) atoms. The molecule has 1 aromatic carbocycles. The van der Waals surface area contributed by atoms with E-state index in [1.54, 1.807) is 12.7 Å². The SMILES string of the molecule is CC.COc1ccc2c(c1)CCC1C2CCC2(C)C1[C@@H](CCN)CC21OCCO1. The highest BCUT2D eigenvalue weighted by molar-refractivity contribution is 5.41. The third kappa shape index (κ3) is 3.14. The van der Waals surface area contributed by atoms with Crippen molar-refractivity contribution in [2.24, 2.45) is 28.9 Å². The van der Waals surface area contributed by atoms with Gasteiger partial charge >= 0.3 is 0 Å². The van der Waals surface area contributed by atoms with Crippen LogP contribution < -0.4 is 10.5 Å². The fourth-order valence-electron chi connectivity index (χ4n) is 7.35. The molecule has 2 saturated carbocycles. The lowest BCUT2D eigenvalue weighted by atomic mass is 9.53. The summed E-state index contributed by atoms with van der Waals surface area (Å²) in [6.45, 7) is 8.71. The Bertz CT molecular complexity index is 714. The third-order valence-electron chi connectivity index (χ3n) is 8.39. The summed E-state index contributed by atoms with van der Waals surface area (Å²) in [5, 5.41) is 0. The quantitative estimate of drug-likeness (QED) is 0.783. The minimum Gasteiger partial charge on any atom is -0.497 e. The van der Waals surface area contributed by atoms with Gasteiger partial charge < -0.3 is 19.9 Å². The molecule has 0 aromatic heterocycles. The first kappa shape index (κ1) is 21.1. The topological polar surface area (TPSA) is 53.7 Å². The summed E-state index contributed by atoms with van der Waals surface area (Å²) in [5.74, 6) is 3.27. The van der Waals surface area contributed by atoms with Gasteiger partial charge in [0.15, 0.2) is 5.79 Å². The highest BCUT2D eigenvalue weighted by Crippen LogP contribution is 2.68. The molecule has 4 aliphatic rings. The Kier molecular flexibility index (Phi) is 5.98. The summed E-state index contributed by atoms with van der Waals surface area (Å²) in [4.78, 5) is 0. The Hall–Kier alpha value is -1.10. The molecular weight excluding hydrogens is 362 g/mol. The number of benzene rings is 1. The van der Waals surface area contributed by atoms with Crippen LogP contribution >= 0.6 is 0 Å². The fraction of sp³-hybridized carbons (Fsp3) is 0.760. The smallest absolute Gasteiger partial charge is 0.174 e. The minimum atomic E-state index is -0.358. The van der Waals surface area contributed by atoms with Crippen molar-refractivity contribution in [1.29, 1.82) is 0 Å². The summed E-state index contributed by atoms with van der Waals surface area (Å²) in [6, 6.07) is 6.74. The van der Waals surface area contributed by atoms with E-state index in [1.165, 1.54) is 24.8 Å². The predicted molar refractivity (Wildman–Crippen MR) is 116 cm³/mol. The highest BCUT2D eigenvalue weighted by Gasteiger charge is 2.68. The molecule has 5 rings (SSSR count). The summed E-state index contributed by atoms with van der Waals surface area (Å²) in [5.41, 5.74) is 9.22. The summed E-state index contributed by atoms with van der Waals surface area (Å²) >= 11 is 0. The molecule has 4 nitrogen and oxygen atoms in total. The van der Waals surface area contributed by atoms with Crippen molar-refractivity contribution in [3.05, 3.63) is 29.3 Å². The maximum atomic E-state index is 6.35. The molecule has 162 valence electrons. The second kappa shape index (κ2) is 8.20. The lowest BCUT2D eigenvalue weighted by Gasteiger charge is -2.53. The van der Waals surface area contributed by atoms with Gasteiger partial charge in [0.05, 0.1) is 20.3 Å². The van der Waals surface area contributed by atoms with E-state index < -0.39 is 0 Å². The van der Waals surface area contributed by atoms with Gasteiger partial charge in [0.2, 0.25) is 0 Å². The number of aryl methyl sites for hydroxylation is 1. The van der Waals surface area contributed by atoms with E-state index in [0.29, 0.717) is 23.7 Å². The predicted octanol–water partition coefficient (Wildman–Crippen LogP) is 4.90. The Morgan fingerprint density at radius 3 is 2.62 bits per heavy atom. The number of fused-ring (bicyclic) bond motifs is 6. The van der Waals surface area contributed by atoms with Gasteiger partial charge in [-0.1, -0.05) is 26.8 Å². The average Bonchev–Trinajstić information content (AvgIpc) is 3.33. The van der Waals surface area contributed by atoms with Crippen LogP contribution in [-0.2, 0) is 15.9 Å². The normalized spacial score (nSPS) is 36.6. The molecule has 5 atom stereocenters. The van der Waals surface area contributed by atoms with Gasteiger partial charge in [0.25, 0.3) is 0 Å². The highest BCUT2D eigenvalue weighted by atomic mass is 16.7. The maximum absolute atomic E-state index is 6.35. The molecule has 3 fully saturated rings. The van der Waals surface area contributed by atoms with E-state index in [9.17, 15) is 0 Å². The van der Waals surface area contributed by atoms with Crippen molar-refractivity contribution in [2.75, 3.05) is 26.9 Å². The second-order valence-electron chi connectivity index (χ2n) is 9.35. The molecular formula is C25H39NO3. The number of rotatable bonds is 3. The van der Waals surface area contributed by atoms with E-state index in [2.05, 4.69) is 25.1 Å². The molecule has 3 aliphatic carbocycles. The Morgan fingerprint density at radius 2 is 1.93 bits per heavy atom. The van der Waals surface area contributed by atoms with Crippen molar-refractivity contribution in [2.45, 2.75) is 71.0 Å². The van der Waals surface area contributed by atoms with Crippen LogP contribution in [0.25, 0.3) is 0 Å². The Morgan fingerprint density at radius 1 is 1.17 bits per heavy atom. The van der Waals surface area contributed by atoms with Gasteiger partial charge in [0, 0.05) is 11.8 Å². The van der Waals surface area contributed by atoms with Gasteiger partial charge in [-0.2, -0.15) is 0 Å². The molecule has 1 aromatic rings. The van der Waals surface area contributed by atoms with Crippen LogP contribution in [0.4, 0.5) is 0 Å². The van der Waals surface area contributed by atoms with Crippen molar-refractivity contribution in [3.8, 4) is 5.75 Å². The summed E-state index contributed by atoms with van der Waals surface area (Å²) in [7, 11) is 1.76. The van der Waals surface area contributed by atoms with E-state index in [-0.39, 0.29) is 11.2 Å². The van der Waals surface area contributed by atoms with Crippen LogP contribution in [0, 0.1) is 23.2 Å². The first-order chi connectivity index (χ1) is 14.1. The molecule has 4 unspecified atom stereocenters. The molecule has 2 N–H and O–H groups in total. The van der Waals surface area contributed by atoms with Crippen LogP contribution in [0.1, 0.15) is 69.9 Å².